The van der Waals surface area contributed by atoms with Gasteiger partial charge in [-0.05, 0) is 19.4 Å². The summed E-state index contributed by atoms with van der Waals surface area (Å²) in [5, 5.41) is 15.2. The van der Waals surface area contributed by atoms with Crippen LogP contribution in [0.3, 0.4) is 0 Å². The summed E-state index contributed by atoms with van der Waals surface area (Å²) in [6.07, 6.45) is 1.48. The van der Waals surface area contributed by atoms with Crippen LogP contribution >= 0.6 is 11.3 Å². The second-order valence-corrected chi connectivity index (χ2v) is 6.95. The number of aliphatic hydroxyl groups is 1. The largest absolute Gasteiger partial charge is 0.389 e. The second-order valence-electron chi connectivity index (χ2n) is 6.02. The van der Waals surface area contributed by atoms with Crippen molar-refractivity contribution in [3.05, 3.63) is 58.5 Å². The lowest BCUT2D eigenvalue weighted by atomic mass is 10.1. The zero-order chi connectivity index (χ0) is 16.4. The molecule has 0 unspecified atom stereocenters. The summed E-state index contributed by atoms with van der Waals surface area (Å²) >= 11 is 1.34. The van der Waals surface area contributed by atoms with Crippen molar-refractivity contribution < 1.29 is 5.11 Å². The minimum absolute atomic E-state index is 0.208. The number of fused-ring (bicyclic) bond motifs is 1. The zero-order valence-electron chi connectivity index (χ0n) is 13.0. The molecule has 0 bridgehead atoms. The molecule has 0 saturated heterocycles. The van der Waals surface area contributed by atoms with Gasteiger partial charge in [0.25, 0.3) is 5.56 Å². The van der Waals surface area contributed by atoms with E-state index in [0.29, 0.717) is 23.2 Å². The van der Waals surface area contributed by atoms with E-state index in [2.05, 4.69) is 10.1 Å². The van der Waals surface area contributed by atoms with Gasteiger partial charge in [0.05, 0.1) is 5.60 Å². The van der Waals surface area contributed by atoms with Crippen molar-refractivity contribution >= 4 is 21.4 Å². The highest BCUT2D eigenvalue weighted by molar-refractivity contribution is 7.20. The summed E-state index contributed by atoms with van der Waals surface area (Å²) in [6, 6.07) is 11.3. The molecule has 0 atom stereocenters. The number of benzene rings is 1. The Kier molecular flexibility index (Phi) is 4.14. The van der Waals surface area contributed by atoms with Crippen LogP contribution < -0.4 is 10.5 Å². The van der Waals surface area contributed by atoms with Crippen LogP contribution in [0.15, 0.2) is 47.4 Å². The Bertz CT molecular complexity index is 852. The molecule has 3 aromatic rings. The predicted molar refractivity (Wildman–Crippen MR) is 90.9 cm³/mol. The molecule has 0 aliphatic carbocycles. The third-order valence-electron chi connectivity index (χ3n) is 3.22. The lowest BCUT2D eigenvalue weighted by Crippen LogP contribution is -2.38. The molecule has 2 aromatic heterocycles. The Morgan fingerprint density at radius 1 is 1.26 bits per heavy atom. The third kappa shape index (κ3) is 3.75. The maximum Gasteiger partial charge on any atom is 0.275 e. The Morgan fingerprint density at radius 3 is 2.65 bits per heavy atom. The number of anilines is 1. The molecule has 0 spiro atoms. The molecule has 6 nitrogen and oxygen atoms in total. The van der Waals surface area contributed by atoms with Gasteiger partial charge >= 0.3 is 0 Å². The average molecular weight is 330 g/mol. The van der Waals surface area contributed by atoms with Crippen LogP contribution in [0.25, 0.3) is 4.96 Å². The van der Waals surface area contributed by atoms with E-state index in [4.69, 9.17) is 0 Å². The minimum atomic E-state index is -0.884. The summed E-state index contributed by atoms with van der Waals surface area (Å²) in [5.41, 5.74) is 0.0158. The average Bonchev–Trinajstić information content (AvgIpc) is 2.92. The summed E-state index contributed by atoms with van der Waals surface area (Å²) < 4.78 is 1.29. The normalized spacial score (nSPS) is 11.8. The number of nitrogens with zero attached hydrogens (tertiary/aromatic N) is 4. The van der Waals surface area contributed by atoms with Crippen LogP contribution in [0, 0.1) is 0 Å². The number of aromatic nitrogens is 3. The Balaban J connectivity index is 1.99. The quantitative estimate of drug-likeness (QED) is 0.774. The topological polar surface area (TPSA) is 70.7 Å². The highest BCUT2D eigenvalue weighted by Gasteiger charge is 2.22. The second kappa shape index (κ2) is 6.10. The molecule has 23 heavy (non-hydrogen) atoms. The minimum Gasteiger partial charge on any atom is -0.389 e. The smallest absolute Gasteiger partial charge is 0.275 e. The van der Waals surface area contributed by atoms with Gasteiger partial charge in [0.15, 0.2) is 0 Å². The summed E-state index contributed by atoms with van der Waals surface area (Å²) in [7, 11) is 0. The molecule has 7 heteroatoms. The molecule has 1 aromatic carbocycles. The van der Waals surface area contributed by atoms with Crippen molar-refractivity contribution in [2.45, 2.75) is 26.0 Å². The first-order chi connectivity index (χ1) is 10.9. The highest BCUT2D eigenvalue weighted by Crippen LogP contribution is 2.24. The Labute approximate surface area is 137 Å². The number of hydrogen-bond donors (Lipinski definition) is 1. The Morgan fingerprint density at radius 2 is 2.00 bits per heavy atom. The van der Waals surface area contributed by atoms with Crippen molar-refractivity contribution in [3.8, 4) is 0 Å². The van der Waals surface area contributed by atoms with Gasteiger partial charge in [-0.15, -0.1) is 5.10 Å². The molecule has 120 valence electrons. The van der Waals surface area contributed by atoms with E-state index in [1.165, 1.54) is 28.1 Å². The van der Waals surface area contributed by atoms with E-state index < -0.39 is 5.60 Å². The fourth-order valence-electron chi connectivity index (χ4n) is 2.32. The molecule has 0 radical (unpaired) electrons. The first-order valence-corrected chi connectivity index (χ1v) is 8.10. The van der Waals surface area contributed by atoms with Crippen LogP contribution in [0.5, 0.6) is 0 Å². The first kappa shape index (κ1) is 15.6. The van der Waals surface area contributed by atoms with Gasteiger partial charge in [-0.3, -0.25) is 4.79 Å². The van der Waals surface area contributed by atoms with Crippen molar-refractivity contribution in [2.24, 2.45) is 0 Å². The maximum absolute atomic E-state index is 11.9. The summed E-state index contributed by atoms with van der Waals surface area (Å²) in [5.74, 6) is 0. The van der Waals surface area contributed by atoms with E-state index >= 15 is 0 Å². The van der Waals surface area contributed by atoms with Gasteiger partial charge in [0.2, 0.25) is 10.1 Å². The fraction of sp³-hybridized carbons (Fsp3) is 0.312. The van der Waals surface area contributed by atoms with Crippen molar-refractivity contribution in [3.63, 3.8) is 0 Å². The molecule has 2 heterocycles. The van der Waals surface area contributed by atoms with Gasteiger partial charge in [-0.2, -0.15) is 4.52 Å². The van der Waals surface area contributed by atoms with Gasteiger partial charge in [0.1, 0.15) is 0 Å². The van der Waals surface area contributed by atoms with Crippen LogP contribution in [0.1, 0.15) is 19.4 Å². The van der Waals surface area contributed by atoms with Crippen molar-refractivity contribution in [2.75, 3.05) is 11.4 Å². The van der Waals surface area contributed by atoms with E-state index in [1.807, 2.05) is 35.2 Å². The van der Waals surface area contributed by atoms with Gasteiger partial charge in [0, 0.05) is 25.4 Å². The maximum atomic E-state index is 11.9. The molecule has 0 amide bonds. The lowest BCUT2D eigenvalue weighted by molar-refractivity contribution is 0.0869. The lowest BCUT2D eigenvalue weighted by Gasteiger charge is -2.28. The van der Waals surface area contributed by atoms with E-state index in [0.717, 1.165) is 5.56 Å². The molecular formula is C16H18N4O2S. The van der Waals surface area contributed by atoms with Crippen LogP contribution in [0.2, 0.25) is 0 Å². The zero-order valence-corrected chi connectivity index (χ0v) is 13.8. The predicted octanol–water partition coefficient (Wildman–Crippen LogP) is 1.93. The summed E-state index contributed by atoms with van der Waals surface area (Å²) in [4.78, 5) is 18.5. The Hall–Kier alpha value is -2.25. The van der Waals surface area contributed by atoms with Crippen molar-refractivity contribution in [1.29, 1.82) is 0 Å². The van der Waals surface area contributed by atoms with Gasteiger partial charge < -0.3 is 10.0 Å². The molecular weight excluding hydrogens is 312 g/mol. The van der Waals surface area contributed by atoms with Gasteiger partial charge in [-0.25, -0.2) is 4.98 Å². The van der Waals surface area contributed by atoms with Crippen LogP contribution in [-0.4, -0.2) is 31.9 Å². The van der Waals surface area contributed by atoms with Crippen LogP contribution in [0.4, 0.5) is 5.13 Å². The molecule has 0 aliphatic heterocycles. The van der Waals surface area contributed by atoms with E-state index in [1.54, 1.807) is 13.8 Å². The van der Waals surface area contributed by atoms with Crippen molar-refractivity contribution in [1.82, 2.24) is 14.6 Å². The standard InChI is InChI=1S/C16H18N4O2S/c1-16(2,22)11-19(10-12-6-4-3-5-7-12)15-18-20-13(21)8-9-17-14(20)23-15/h3-9,22H,10-11H2,1-2H3. The monoisotopic (exact) mass is 330 g/mol. The van der Waals surface area contributed by atoms with E-state index in [-0.39, 0.29) is 5.56 Å². The number of hydrogen-bond acceptors (Lipinski definition) is 6. The first-order valence-electron chi connectivity index (χ1n) is 7.28. The van der Waals surface area contributed by atoms with Crippen LogP contribution in [-0.2, 0) is 6.54 Å². The molecule has 0 saturated carbocycles. The van der Waals surface area contributed by atoms with Gasteiger partial charge in [-0.1, -0.05) is 41.7 Å². The fourth-order valence-corrected chi connectivity index (χ4v) is 3.20. The summed E-state index contributed by atoms with van der Waals surface area (Å²) in [6.45, 7) is 4.50. The van der Waals surface area contributed by atoms with E-state index in [9.17, 15) is 9.90 Å². The molecule has 3 rings (SSSR count). The molecule has 1 N–H and O–H groups in total. The molecule has 0 aliphatic rings. The third-order valence-corrected chi connectivity index (χ3v) is 4.21. The number of rotatable bonds is 5. The SMILES string of the molecule is CC(C)(O)CN(Cc1ccccc1)c1nn2c(=O)ccnc2s1. The molecule has 0 fully saturated rings. The highest BCUT2D eigenvalue weighted by atomic mass is 32.1.